The van der Waals surface area contributed by atoms with Crippen molar-refractivity contribution in [3.05, 3.63) is 46.2 Å². The van der Waals surface area contributed by atoms with Crippen molar-refractivity contribution >= 4 is 23.2 Å². The van der Waals surface area contributed by atoms with E-state index >= 15 is 0 Å². The molecule has 4 rings (SSSR count). The molecule has 2 amide bonds. The summed E-state index contributed by atoms with van der Waals surface area (Å²) in [6.07, 6.45) is 4.93. The average molecular weight is 471 g/mol. The summed E-state index contributed by atoms with van der Waals surface area (Å²) in [4.78, 5) is 31.7. The number of fused-ring (bicyclic) bond motifs is 1. The number of thiophene rings is 1. The van der Waals surface area contributed by atoms with Crippen LogP contribution in [0.3, 0.4) is 0 Å². The summed E-state index contributed by atoms with van der Waals surface area (Å²) in [5.41, 5.74) is 1.15. The molecule has 0 unspecified atom stereocenters. The molecule has 1 aliphatic carbocycles. The minimum Gasteiger partial charge on any atom is -0.497 e. The maximum atomic E-state index is 13.5. The number of carbonyl (C=O) groups is 2. The van der Waals surface area contributed by atoms with E-state index < -0.39 is 0 Å². The van der Waals surface area contributed by atoms with E-state index in [0.717, 1.165) is 43.4 Å². The van der Waals surface area contributed by atoms with Crippen LogP contribution in [0.2, 0.25) is 0 Å². The summed E-state index contributed by atoms with van der Waals surface area (Å²) in [5, 5.41) is 2.08. The Morgan fingerprint density at radius 2 is 1.94 bits per heavy atom. The number of hydrogen-bond acceptors (Lipinski definition) is 5. The topological polar surface area (TPSA) is 59.1 Å². The smallest absolute Gasteiger partial charge is 0.242 e. The highest BCUT2D eigenvalue weighted by molar-refractivity contribution is 7.10. The number of nitrogens with zero attached hydrogens (tertiary/aromatic N) is 2. The molecule has 1 atom stereocenters. The van der Waals surface area contributed by atoms with Gasteiger partial charge in [-0.25, -0.2) is 0 Å². The molecule has 0 spiro atoms. The molecule has 0 bridgehead atoms. The molecule has 6 nitrogen and oxygen atoms in total. The van der Waals surface area contributed by atoms with Crippen LogP contribution in [0, 0.1) is 5.92 Å². The Bertz CT molecular complexity index is 967. The number of ether oxygens (including phenoxy) is 2. The molecular formula is C26H34N2O4S. The van der Waals surface area contributed by atoms with E-state index in [2.05, 4.69) is 11.4 Å². The molecule has 7 heteroatoms. The van der Waals surface area contributed by atoms with Crippen LogP contribution in [0.25, 0.3) is 0 Å². The lowest BCUT2D eigenvalue weighted by Crippen LogP contribution is -2.50. The van der Waals surface area contributed by atoms with Crippen LogP contribution in [0.4, 0.5) is 0 Å². The second kappa shape index (κ2) is 10.6. The molecule has 1 aromatic carbocycles. The third-order valence-corrected chi connectivity index (χ3v) is 7.78. The lowest BCUT2D eigenvalue weighted by molar-refractivity contribution is -0.146. The molecule has 1 aromatic heterocycles. The van der Waals surface area contributed by atoms with Gasteiger partial charge in [0.15, 0.2) is 0 Å². The Morgan fingerprint density at radius 3 is 2.67 bits per heavy atom. The average Bonchev–Trinajstić information content (AvgIpc) is 3.52. The monoisotopic (exact) mass is 470 g/mol. The molecule has 1 saturated carbocycles. The zero-order chi connectivity index (χ0) is 23.4. The van der Waals surface area contributed by atoms with Crippen molar-refractivity contribution in [2.45, 2.75) is 58.0 Å². The standard InChI is InChI=1S/C26H34N2O4S/c1-18(2)28(26(30)19-7-4-5-8-19)16-25(29)27-13-11-24-22(12-14-33-24)23(27)17-32-21-10-6-9-20(15-21)31-3/h6,9-10,12,14-15,18-19,23H,4-5,7-8,11,13,16-17H2,1-3H3/t23-/m0/s1. The third kappa shape index (κ3) is 5.35. The van der Waals surface area contributed by atoms with Gasteiger partial charge in [0.25, 0.3) is 0 Å². The first-order chi connectivity index (χ1) is 16.0. The predicted octanol–water partition coefficient (Wildman–Crippen LogP) is 4.69. The molecule has 2 aliphatic rings. The Hall–Kier alpha value is -2.54. The molecule has 2 aromatic rings. The maximum Gasteiger partial charge on any atom is 0.242 e. The number of methoxy groups -OCH3 is 1. The van der Waals surface area contributed by atoms with Crippen LogP contribution in [-0.4, -0.2) is 54.5 Å². The van der Waals surface area contributed by atoms with Crippen LogP contribution in [0.5, 0.6) is 11.5 Å². The first-order valence-electron chi connectivity index (χ1n) is 11.9. The Morgan fingerprint density at radius 1 is 1.18 bits per heavy atom. The lowest BCUT2D eigenvalue weighted by Gasteiger charge is -2.38. The van der Waals surface area contributed by atoms with Crippen molar-refractivity contribution in [3.8, 4) is 11.5 Å². The molecule has 0 N–H and O–H groups in total. The molecule has 0 radical (unpaired) electrons. The van der Waals surface area contributed by atoms with Gasteiger partial charge in [-0.15, -0.1) is 11.3 Å². The number of hydrogen-bond donors (Lipinski definition) is 0. The highest BCUT2D eigenvalue weighted by atomic mass is 32.1. The summed E-state index contributed by atoms with van der Waals surface area (Å²) in [6.45, 7) is 5.12. The number of rotatable bonds is 8. The van der Waals surface area contributed by atoms with Gasteiger partial charge in [-0.3, -0.25) is 9.59 Å². The lowest BCUT2D eigenvalue weighted by atomic mass is 10.00. The fraction of sp³-hybridized carbons (Fsp3) is 0.538. The second-order valence-electron chi connectivity index (χ2n) is 9.18. The van der Waals surface area contributed by atoms with Crippen LogP contribution in [-0.2, 0) is 16.0 Å². The van der Waals surface area contributed by atoms with E-state index in [4.69, 9.17) is 9.47 Å². The minimum atomic E-state index is -0.172. The Kier molecular flexibility index (Phi) is 7.58. The molecule has 1 fully saturated rings. The van der Waals surface area contributed by atoms with Crippen LogP contribution in [0.1, 0.15) is 56.0 Å². The summed E-state index contributed by atoms with van der Waals surface area (Å²) in [6, 6.07) is 9.44. The van der Waals surface area contributed by atoms with Crippen molar-refractivity contribution < 1.29 is 19.1 Å². The van der Waals surface area contributed by atoms with E-state index in [0.29, 0.717) is 18.9 Å². The molecule has 33 heavy (non-hydrogen) atoms. The first-order valence-corrected chi connectivity index (χ1v) is 12.8. The number of carbonyl (C=O) groups excluding carboxylic acids is 2. The molecule has 2 heterocycles. The van der Waals surface area contributed by atoms with Gasteiger partial charge in [-0.2, -0.15) is 0 Å². The van der Waals surface area contributed by atoms with Gasteiger partial charge in [-0.1, -0.05) is 18.9 Å². The van der Waals surface area contributed by atoms with Crippen molar-refractivity contribution in [2.24, 2.45) is 5.92 Å². The van der Waals surface area contributed by atoms with Gasteiger partial charge in [0.05, 0.1) is 13.2 Å². The van der Waals surface area contributed by atoms with E-state index in [1.54, 1.807) is 23.3 Å². The van der Waals surface area contributed by atoms with E-state index in [1.165, 1.54) is 4.88 Å². The summed E-state index contributed by atoms with van der Waals surface area (Å²) < 4.78 is 11.4. The highest BCUT2D eigenvalue weighted by Gasteiger charge is 2.35. The SMILES string of the molecule is COc1cccc(OC[C@H]2c3ccsc3CCN2C(=O)CN(C(=O)C2CCCC2)C(C)C)c1. The van der Waals surface area contributed by atoms with Crippen molar-refractivity contribution in [1.29, 1.82) is 0 Å². The summed E-state index contributed by atoms with van der Waals surface area (Å²) in [7, 11) is 1.63. The maximum absolute atomic E-state index is 13.5. The largest absolute Gasteiger partial charge is 0.497 e. The number of amides is 2. The molecule has 1 aliphatic heterocycles. The van der Waals surface area contributed by atoms with Gasteiger partial charge in [0.2, 0.25) is 11.8 Å². The van der Waals surface area contributed by atoms with E-state index in [9.17, 15) is 9.59 Å². The summed E-state index contributed by atoms with van der Waals surface area (Å²) in [5.74, 6) is 1.64. The zero-order valence-corrected chi connectivity index (χ0v) is 20.6. The van der Waals surface area contributed by atoms with Gasteiger partial charge in [-0.05, 0) is 62.3 Å². The zero-order valence-electron chi connectivity index (χ0n) is 19.8. The Labute approximate surface area is 200 Å². The fourth-order valence-corrected chi connectivity index (χ4v) is 5.83. The van der Waals surface area contributed by atoms with Crippen molar-refractivity contribution in [3.63, 3.8) is 0 Å². The fourth-order valence-electron chi connectivity index (χ4n) is 4.90. The molecule has 0 saturated heterocycles. The summed E-state index contributed by atoms with van der Waals surface area (Å²) >= 11 is 1.73. The van der Waals surface area contributed by atoms with Crippen molar-refractivity contribution in [1.82, 2.24) is 9.80 Å². The van der Waals surface area contributed by atoms with Crippen LogP contribution >= 0.6 is 11.3 Å². The van der Waals surface area contributed by atoms with Crippen LogP contribution in [0.15, 0.2) is 35.7 Å². The van der Waals surface area contributed by atoms with Crippen molar-refractivity contribution in [2.75, 3.05) is 26.8 Å². The van der Waals surface area contributed by atoms with E-state index in [-0.39, 0.29) is 36.4 Å². The predicted molar refractivity (Wildman–Crippen MR) is 130 cm³/mol. The third-order valence-electron chi connectivity index (χ3n) is 6.78. The van der Waals surface area contributed by atoms with Gasteiger partial charge >= 0.3 is 0 Å². The Balaban J connectivity index is 1.50. The highest BCUT2D eigenvalue weighted by Crippen LogP contribution is 2.35. The van der Waals surface area contributed by atoms with Crippen LogP contribution < -0.4 is 9.47 Å². The first kappa shape index (κ1) is 23.6. The second-order valence-corrected chi connectivity index (χ2v) is 10.2. The van der Waals surface area contributed by atoms with Gasteiger partial charge < -0.3 is 19.3 Å². The number of benzene rings is 1. The molecule has 178 valence electrons. The quantitative estimate of drug-likeness (QED) is 0.562. The molecular weight excluding hydrogens is 436 g/mol. The normalized spacial score (nSPS) is 18.3. The van der Waals surface area contributed by atoms with Gasteiger partial charge in [0, 0.05) is 29.4 Å². The van der Waals surface area contributed by atoms with E-state index in [1.807, 2.05) is 43.0 Å². The minimum absolute atomic E-state index is 0.00460. The van der Waals surface area contributed by atoms with Gasteiger partial charge in [0.1, 0.15) is 24.7 Å².